The summed E-state index contributed by atoms with van der Waals surface area (Å²) in [6.45, 7) is 7.50. The molecule has 4 heterocycles. The minimum absolute atomic E-state index is 0.0584. The molecule has 9 nitrogen and oxygen atoms in total. The summed E-state index contributed by atoms with van der Waals surface area (Å²) in [7, 11) is 0. The fourth-order valence-corrected chi connectivity index (χ4v) is 9.60. The van der Waals surface area contributed by atoms with E-state index in [1.165, 1.54) is 56.2 Å². The van der Waals surface area contributed by atoms with Crippen molar-refractivity contribution in [3.8, 4) is 22.3 Å². The fourth-order valence-electron chi connectivity index (χ4n) is 7.78. The summed E-state index contributed by atoms with van der Waals surface area (Å²) in [5.41, 5.74) is 13.5. The summed E-state index contributed by atoms with van der Waals surface area (Å²) in [6, 6.07) is 20.7. The Kier molecular flexibility index (Phi) is 8.88. The molecule has 2 saturated carbocycles. The predicted octanol–water partition coefficient (Wildman–Crippen LogP) is 9.01. The van der Waals surface area contributed by atoms with E-state index in [4.69, 9.17) is 0 Å². The number of amides is 3. The van der Waals surface area contributed by atoms with Crippen molar-refractivity contribution in [2.75, 3.05) is 33.9 Å². The largest absolute Gasteiger partial charge is 0.384 e. The fraction of sp³-hybridized carbons (Fsp3) is 0.310. The van der Waals surface area contributed by atoms with Gasteiger partial charge in [-0.25, -0.2) is 18.7 Å². The highest BCUT2D eigenvalue weighted by molar-refractivity contribution is 7.22. The van der Waals surface area contributed by atoms with E-state index < -0.39 is 24.2 Å². The minimum Gasteiger partial charge on any atom is -0.384 e. The number of alkyl halides is 2. The first kappa shape index (κ1) is 35.4. The lowest BCUT2D eigenvalue weighted by molar-refractivity contribution is -0.118. The van der Waals surface area contributed by atoms with E-state index in [0.717, 1.165) is 62.2 Å². The van der Waals surface area contributed by atoms with Gasteiger partial charge in [0.25, 0.3) is 0 Å². The molecule has 280 valence electrons. The lowest BCUT2D eigenvalue weighted by Gasteiger charge is -2.17. The van der Waals surface area contributed by atoms with Crippen LogP contribution in [0.3, 0.4) is 0 Å². The Bertz CT molecular complexity index is 2570. The van der Waals surface area contributed by atoms with Gasteiger partial charge in [-0.15, -0.1) is 0 Å². The van der Waals surface area contributed by atoms with Crippen LogP contribution in [-0.4, -0.2) is 53.1 Å². The van der Waals surface area contributed by atoms with Crippen LogP contribution in [0, 0.1) is 25.7 Å². The third-order valence-corrected chi connectivity index (χ3v) is 12.7. The van der Waals surface area contributed by atoms with Crippen molar-refractivity contribution in [1.29, 1.82) is 0 Å². The topological polar surface area (TPSA) is 116 Å². The van der Waals surface area contributed by atoms with Crippen molar-refractivity contribution < 1.29 is 23.2 Å². The molecular weight excluding hydrogens is 739 g/mol. The van der Waals surface area contributed by atoms with Crippen LogP contribution in [-0.2, 0) is 27.2 Å². The van der Waals surface area contributed by atoms with E-state index in [1.807, 2.05) is 29.2 Å². The number of anilines is 4. The van der Waals surface area contributed by atoms with Gasteiger partial charge in [-0.2, -0.15) is 0 Å². The number of rotatable bonds is 6. The molecule has 0 spiro atoms. The van der Waals surface area contributed by atoms with Gasteiger partial charge in [-0.3, -0.25) is 14.4 Å². The Morgan fingerprint density at radius 1 is 0.745 bits per heavy atom. The summed E-state index contributed by atoms with van der Waals surface area (Å²) < 4.78 is 28.1. The van der Waals surface area contributed by atoms with E-state index in [9.17, 15) is 23.2 Å². The third kappa shape index (κ3) is 6.73. The zero-order valence-electron chi connectivity index (χ0n) is 30.5. The van der Waals surface area contributed by atoms with Gasteiger partial charge >= 0.3 is 0 Å². The second-order valence-corrected chi connectivity index (χ2v) is 16.8. The molecule has 55 heavy (non-hydrogen) atoms. The molecule has 6 aromatic rings. The number of benzene rings is 4. The summed E-state index contributed by atoms with van der Waals surface area (Å²) in [6.07, 6.45) is 0.477. The molecule has 0 bridgehead atoms. The van der Waals surface area contributed by atoms with E-state index in [0.29, 0.717) is 29.6 Å². The van der Waals surface area contributed by atoms with Crippen LogP contribution in [0.1, 0.15) is 42.0 Å². The van der Waals surface area contributed by atoms with Gasteiger partial charge in [0.1, 0.15) is 12.3 Å². The number of carbonyl (C=O) groups is 3. The van der Waals surface area contributed by atoms with Gasteiger partial charge in [0, 0.05) is 31.4 Å². The quantitative estimate of drug-likeness (QED) is 0.156. The molecule has 13 heteroatoms. The molecule has 4 aliphatic rings. The Hall–Kier alpha value is -5.27. The second kappa shape index (κ2) is 13.8. The van der Waals surface area contributed by atoms with E-state index in [2.05, 4.69) is 76.2 Å². The maximum Gasteiger partial charge on any atom is 0.232 e. The third-order valence-electron chi connectivity index (χ3n) is 10.9. The number of carbonyl (C=O) groups excluding carboxylic acids is 3. The molecule has 2 fully saturated rings. The average molecular weight is 777 g/mol. The van der Waals surface area contributed by atoms with E-state index >= 15 is 0 Å². The van der Waals surface area contributed by atoms with Crippen LogP contribution < -0.4 is 20.9 Å². The molecule has 10 rings (SSSR count). The molecule has 0 unspecified atom stereocenters. The Morgan fingerprint density at radius 2 is 1.27 bits per heavy atom. The summed E-state index contributed by atoms with van der Waals surface area (Å²) in [5.74, 6) is -1.53. The first-order chi connectivity index (χ1) is 26.5. The summed E-state index contributed by atoms with van der Waals surface area (Å²) in [4.78, 5) is 46.6. The van der Waals surface area contributed by atoms with Crippen molar-refractivity contribution in [2.45, 2.75) is 58.8 Å². The van der Waals surface area contributed by atoms with Gasteiger partial charge in [0.05, 0.1) is 32.3 Å². The molecule has 2 aliphatic carbocycles. The molecule has 4 aromatic carbocycles. The Balaban J connectivity index is 0.000000145. The first-order valence-electron chi connectivity index (χ1n) is 18.5. The van der Waals surface area contributed by atoms with Crippen LogP contribution in [0.5, 0.6) is 0 Å². The Labute approximate surface area is 324 Å². The van der Waals surface area contributed by atoms with Crippen molar-refractivity contribution in [3.05, 3.63) is 82.9 Å². The molecule has 0 saturated heterocycles. The number of hydrogen-bond donors (Lipinski definition) is 3. The zero-order chi connectivity index (χ0) is 38.1. The number of hydrogen-bond acceptors (Lipinski definition) is 8. The molecule has 4 atom stereocenters. The van der Waals surface area contributed by atoms with Crippen LogP contribution >= 0.6 is 22.7 Å². The Morgan fingerprint density at radius 3 is 1.80 bits per heavy atom. The predicted molar refractivity (Wildman–Crippen MR) is 217 cm³/mol. The van der Waals surface area contributed by atoms with Crippen molar-refractivity contribution in [1.82, 2.24) is 9.97 Å². The molecule has 3 amide bonds. The van der Waals surface area contributed by atoms with Crippen LogP contribution in [0.15, 0.2) is 60.7 Å². The molecular formula is C42H38F2N6O3S2. The van der Waals surface area contributed by atoms with E-state index in [1.54, 1.807) is 6.92 Å². The SMILES string of the molecule is CC(=O)N1CCc2c1ccc(C)c2-c1ccc2nc(NC(=O)[C@@H]3C[C@@H]3F)sc2c1.Cc1ccc2c(c1-c1ccc3nc(NC(=O)[C@@H]4C[C@@H]4F)sc3c1)CCN2. The molecule has 2 aromatic heterocycles. The summed E-state index contributed by atoms with van der Waals surface area (Å²) >= 11 is 2.83. The second-order valence-electron chi connectivity index (χ2n) is 14.7. The normalized spacial score (nSPS) is 20.3. The number of nitrogens with zero attached hydrogens (tertiary/aromatic N) is 3. The zero-order valence-corrected chi connectivity index (χ0v) is 32.1. The maximum absolute atomic E-state index is 13.1. The maximum atomic E-state index is 13.1. The van der Waals surface area contributed by atoms with Gasteiger partial charge in [-0.1, -0.05) is 46.9 Å². The van der Waals surface area contributed by atoms with Crippen LogP contribution in [0.25, 0.3) is 42.7 Å². The van der Waals surface area contributed by atoms with Gasteiger partial charge in [-0.05, 0) is 120 Å². The number of thiazole rings is 2. The monoisotopic (exact) mass is 776 g/mol. The molecule has 0 radical (unpaired) electrons. The lowest BCUT2D eigenvalue weighted by atomic mass is 9.93. The minimum atomic E-state index is -1.02. The highest BCUT2D eigenvalue weighted by Crippen LogP contribution is 2.42. The molecule has 3 N–H and O–H groups in total. The standard InChI is InChI=1S/C22H20FN3O2S.C20H18FN3OS/c1-11-3-6-18-14(7-8-26(18)12(2)27)20(11)13-4-5-17-19(9-13)29-22(24-17)25-21(28)15-10-16(15)23;1-10-2-4-15-12(6-7-22-15)18(10)11-3-5-16-17(8-11)26-20(23-16)24-19(25)13-9-14(13)21/h3-6,9,15-16H,7-8,10H2,1-2H3,(H,24,25,28);2-5,8,13-14,22H,6-7,9H2,1H3,(H,23,24,25)/t15-,16+;13-,14+/m11/s1. The summed E-state index contributed by atoms with van der Waals surface area (Å²) in [5, 5.41) is 9.96. The van der Waals surface area contributed by atoms with Crippen LogP contribution in [0.2, 0.25) is 0 Å². The molecule has 2 aliphatic heterocycles. The number of fused-ring (bicyclic) bond motifs is 4. The number of nitrogens with one attached hydrogen (secondary N) is 3. The van der Waals surface area contributed by atoms with Gasteiger partial charge < -0.3 is 20.9 Å². The van der Waals surface area contributed by atoms with Gasteiger partial charge in [0.15, 0.2) is 10.3 Å². The number of aryl methyl sites for hydroxylation is 2. The van der Waals surface area contributed by atoms with Crippen molar-refractivity contribution in [3.63, 3.8) is 0 Å². The lowest BCUT2D eigenvalue weighted by Crippen LogP contribution is -2.25. The van der Waals surface area contributed by atoms with Crippen molar-refractivity contribution in [2.24, 2.45) is 11.8 Å². The average Bonchev–Trinajstić information content (AvgIpc) is 3.70. The van der Waals surface area contributed by atoms with Crippen LogP contribution in [0.4, 0.5) is 30.4 Å². The van der Waals surface area contributed by atoms with E-state index in [-0.39, 0.29) is 17.7 Å². The highest BCUT2D eigenvalue weighted by atomic mass is 32.1. The first-order valence-corrected chi connectivity index (χ1v) is 20.1. The number of aromatic nitrogens is 2. The highest BCUT2D eigenvalue weighted by Gasteiger charge is 2.44. The van der Waals surface area contributed by atoms with Crippen molar-refractivity contribution >= 4 is 82.5 Å². The number of halogens is 2. The van der Waals surface area contributed by atoms with Gasteiger partial charge in [0.2, 0.25) is 17.7 Å². The smallest absolute Gasteiger partial charge is 0.232 e.